The molecule has 0 spiro atoms. The average Bonchev–Trinajstić information content (AvgIpc) is 2.78. The van der Waals surface area contributed by atoms with E-state index in [1.54, 1.807) is 6.92 Å². The topological polar surface area (TPSA) is 52.6 Å². The first-order valence-corrected chi connectivity index (χ1v) is 7.82. The Morgan fingerprint density at radius 3 is 3.00 bits per heavy atom. The zero-order chi connectivity index (χ0) is 14.5. The van der Waals surface area contributed by atoms with E-state index in [4.69, 9.17) is 0 Å². The molecule has 2 atom stereocenters. The molecule has 110 valence electrons. The molecule has 2 rings (SSSR count). The largest absolute Gasteiger partial charge is 0.393 e. The van der Waals surface area contributed by atoms with E-state index < -0.39 is 0 Å². The minimum absolute atomic E-state index is 0.00519. The van der Waals surface area contributed by atoms with Gasteiger partial charge in [-0.1, -0.05) is 12.1 Å². The smallest absolute Gasteiger partial charge is 0.238 e. The number of likely N-dealkylation sites (tertiary alicyclic amines) is 1. The summed E-state index contributed by atoms with van der Waals surface area (Å²) < 4.78 is 0.885. The average molecular weight is 341 g/mol. The summed E-state index contributed by atoms with van der Waals surface area (Å²) in [7, 11) is 0. The fourth-order valence-electron chi connectivity index (χ4n) is 2.70. The van der Waals surface area contributed by atoms with Crippen molar-refractivity contribution in [3.8, 4) is 0 Å². The van der Waals surface area contributed by atoms with Crippen molar-refractivity contribution in [1.29, 1.82) is 0 Å². The van der Waals surface area contributed by atoms with Crippen LogP contribution in [0.3, 0.4) is 0 Å². The molecule has 0 radical (unpaired) electrons. The van der Waals surface area contributed by atoms with Gasteiger partial charge in [0.15, 0.2) is 0 Å². The quantitative estimate of drug-likeness (QED) is 0.866. The number of nitrogens with zero attached hydrogens (tertiary/aromatic N) is 1. The van der Waals surface area contributed by atoms with Crippen molar-refractivity contribution in [3.05, 3.63) is 28.7 Å². The minimum Gasteiger partial charge on any atom is -0.393 e. The molecule has 5 heteroatoms. The summed E-state index contributed by atoms with van der Waals surface area (Å²) >= 11 is 3.42. The summed E-state index contributed by atoms with van der Waals surface area (Å²) in [4.78, 5) is 14.3. The van der Waals surface area contributed by atoms with E-state index >= 15 is 0 Å². The zero-order valence-corrected chi connectivity index (χ0v) is 13.3. The first-order valence-electron chi connectivity index (χ1n) is 7.02. The van der Waals surface area contributed by atoms with Gasteiger partial charge in [-0.25, -0.2) is 0 Å². The molecule has 20 heavy (non-hydrogen) atoms. The van der Waals surface area contributed by atoms with Crippen LogP contribution >= 0.6 is 15.9 Å². The van der Waals surface area contributed by atoms with Crippen molar-refractivity contribution >= 4 is 27.5 Å². The van der Waals surface area contributed by atoms with Crippen LogP contribution in [0.4, 0.5) is 5.69 Å². The van der Waals surface area contributed by atoms with E-state index in [1.165, 1.54) is 0 Å². The number of aliphatic hydroxyl groups excluding tert-OH is 1. The number of hydrogen-bond donors (Lipinski definition) is 2. The Labute approximate surface area is 128 Å². The van der Waals surface area contributed by atoms with Crippen LogP contribution in [0, 0.1) is 0 Å². The van der Waals surface area contributed by atoms with Gasteiger partial charge in [0.1, 0.15) is 0 Å². The van der Waals surface area contributed by atoms with Crippen molar-refractivity contribution in [3.63, 3.8) is 0 Å². The summed E-state index contributed by atoms with van der Waals surface area (Å²) in [6.07, 6.45) is 2.59. The minimum atomic E-state index is -0.313. The number of aliphatic hydroxyl groups is 1. The lowest BCUT2D eigenvalue weighted by molar-refractivity contribution is -0.117. The lowest BCUT2D eigenvalue weighted by Gasteiger charge is -2.24. The molecular weight excluding hydrogens is 320 g/mol. The third-order valence-corrected chi connectivity index (χ3v) is 4.30. The predicted octanol–water partition coefficient (Wildman–Crippen LogP) is 2.62. The van der Waals surface area contributed by atoms with Crippen LogP contribution in [0.15, 0.2) is 28.7 Å². The third kappa shape index (κ3) is 4.30. The Hall–Kier alpha value is -0.910. The van der Waals surface area contributed by atoms with E-state index in [0.29, 0.717) is 12.6 Å². The number of nitrogens with one attached hydrogen (secondary N) is 1. The Morgan fingerprint density at radius 1 is 1.55 bits per heavy atom. The molecule has 1 aromatic carbocycles. The summed E-state index contributed by atoms with van der Waals surface area (Å²) in [5, 5.41) is 12.4. The molecule has 0 aliphatic carbocycles. The summed E-state index contributed by atoms with van der Waals surface area (Å²) in [5.41, 5.74) is 0.795. The molecule has 1 heterocycles. The van der Waals surface area contributed by atoms with Gasteiger partial charge in [-0.3, -0.25) is 9.69 Å². The molecule has 1 amide bonds. The highest BCUT2D eigenvalue weighted by atomic mass is 79.9. The second-order valence-electron chi connectivity index (χ2n) is 5.38. The van der Waals surface area contributed by atoms with Crippen LogP contribution in [-0.2, 0) is 4.79 Å². The lowest BCUT2D eigenvalue weighted by Crippen LogP contribution is -2.38. The molecule has 0 aromatic heterocycles. The number of para-hydroxylation sites is 1. The molecule has 1 aliphatic rings. The summed E-state index contributed by atoms with van der Waals surface area (Å²) in [6.45, 7) is 3.12. The van der Waals surface area contributed by atoms with Gasteiger partial charge < -0.3 is 10.4 Å². The Morgan fingerprint density at radius 2 is 2.30 bits per heavy atom. The highest BCUT2D eigenvalue weighted by molar-refractivity contribution is 9.10. The first-order chi connectivity index (χ1) is 9.56. The highest BCUT2D eigenvalue weighted by Gasteiger charge is 2.27. The Bertz CT molecular complexity index is 465. The van der Waals surface area contributed by atoms with Crippen molar-refractivity contribution in [2.75, 3.05) is 18.4 Å². The predicted molar refractivity (Wildman–Crippen MR) is 83.7 cm³/mol. The summed E-state index contributed by atoms with van der Waals surface area (Å²) in [5.74, 6) is -0.00519. The number of amides is 1. The van der Waals surface area contributed by atoms with Gasteiger partial charge in [0, 0.05) is 10.5 Å². The lowest BCUT2D eigenvalue weighted by atomic mass is 10.1. The fraction of sp³-hybridized carbons (Fsp3) is 0.533. The normalized spacial score (nSPS) is 20.9. The number of halogens is 1. The van der Waals surface area contributed by atoms with Gasteiger partial charge in [-0.15, -0.1) is 0 Å². The number of carbonyl (C=O) groups excluding carboxylic acids is 1. The molecule has 1 saturated heterocycles. The molecule has 2 N–H and O–H groups in total. The second kappa shape index (κ2) is 7.20. The molecular formula is C15H21BrN2O2. The number of benzene rings is 1. The maximum Gasteiger partial charge on any atom is 0.238 e. The van der Waals surface area contributed by atoms with Crippen LogP contribution in [0.25, 0.3) is 0 Å². The van der Waals surface area contributed by atoms with E-state index in [9.17, 15) is 9.90 Å². The monoisotopic (exact) mass is 340 g/mol. The van der Waals surface area contributed by atoms with Gasteiger partial charge in [0.25, 0.3) is 0 Å². The fourth-order valence-corrected chi connectivity index (χ4v) is 3.08. The zero-order valence-electron chi connectivity index (χ0n) is 11.7. The third-order valence-electron chi connectivity index (χ3n) is 3.61. The van der Waals surface area contributed by atoms with E-state index in [0.717, 1.165) is 36.0 Å². The van der Waals surface area contributed by atoms with Crippen LogP contribution in [-0.4, -0.2) is 41.1 Å². The van der Waals surface area contributed by atoms with Gasteiger partial charge in [-0.2, -0.15) is 0 Å². The number of carbonyl (C=O) groups is 1. The van der Waals surface area contributed by atoms with E-state index in [1.807, 2.05) is 24.3 Å². The second-order valence-corrected chi connectivity index (χ2v) is 6.23. The van der Waals surface area contributed by atoms with Crippen molar-refractivity contribution in [2.45, 2.75) is 38.3 Å². The van der Waals surface area contributed by atoms with Gasteiger partial charge in [-0.05, 0) is 60.8 Å². The molecule has 1 fully saturated rings. The standard InChI is InChI=1S/C15H21BrN2O2/c1-11(19)9-12-5-4-8-18(12)10-15(20)17-14-7-3-2-6-13(14)16/h2-3,6-7,11-12,19H,4-5,8-10H2,1H3,(H,17,20). The molecule has 2 unspecified atom stereocenters. The number of hydrogen-bond acceptors (Lipinski definition) is 3. The van der Waals surface area contributed by atoms with Crippen LogP contribution in [0.2, 0.25) is 0 Å². The number of anilines is 1. The van der Waals surface area contributed by atoms with Crippen LogP contribution in [0.5, 0.6) is 0 Å². The van der Waals surface area contributed by atoms with Crippen molar-refractivity contribution < 1.29 is 9.90 Å². The number of rotatable bonds is 5. The SMILES string of the molecule is CC(O)CC1CCCN1CC(=O)Nc1ccccc1Br. The molecule has 0 saturated carbocycles. The van der Waals surface area contributed by atoms with E-state index in [2.05, 4.69) is 26.1 Å². The maximum atomic E-state index is 12.1. The Kier molecular flexibility index (Phi) is 5.57. The molecule has 1 aliphatic heterocycles. The molecule has 0 bridgehead atoms. The highest BCUT2D eigenvalue weighted by Crippen LogP contribution is 2.23. The van der Waals surface area contributed by atoms with Gasteiger partial charge >= 0.3 is 0 Å². The molecule has 4 nitrogen and oxygen atoms in total. The van der Waals surface area contributed by atoms with Crippen molar-refractivity contribution in [1.82, 2.24) is 4.90 Å². The van der Waals surface area contributed by atoms with Crippen LogP contribution in [0.1, 0.15) is 26.2 Å². The first kappa shape index (κ1) is 15.5. The van der Waals surface area contributed by atoms with Crippen molar-refractivity contribution in [2.24, 2.45) is 0 Å². The Balaban J connectivity index is 1.89. The maximum absolute atomic E-state index is 12.1. The van der Waals surface area contributed by atoms with Gasteiger partial charge in [0.05, 0.1) is 18.3 Å². The molecule has 1 aromatic rings. The summed E-state index contributed by atoms with van der Waals surface area (Å²) in [6, 6.07) is 7.91. The van der Waals surface area contributed by atoms with E-state index in [-0.39, 0.29) is 12.0 Å². The van der Waals surface area contributed by atoms with Crippen LogP contribution < -0.4 is 5.32 Å². The van der Waals surface area contributed by atoms with Gasteiger partial charge in [0.2, 0.25) is 5.91 Å².